The summed E-state index contributed by atoms with van der Waals surface area (Å²) in [4.78, 5) is 24.8. The molecule has 2 N–H and O–H groups in total. The minimum absolute atomic E-state index is 0.0642. The van der Waals surface area contributed by atoms with Crippen LogP contribution in [-0.4, -0.2) is 25.2 Å². The lowest BCUT2D eigenvalue weighted by molar-refractivity contribution is -0.143. The number of hydrogen-bond acceptors (Lipinski definition) is 7. The Morgan fingerprint density at radius 1 is 1.21 bits per heavy atom. The summed E-state index contributed by atoms with van der Waals surface area (Å²) in [5.74, 6) is -2.78. The molecule has 0 radical (unpaired) electrons. The van der Waals surface area contributed by atoms with Crippen molar-refractivity contribution in [2.75, 3.05) is 13.2 Å². The van der Waals surface area contributed by atoms with E-state index in [1.807, 2.05) is 6.07 Å². The van der Waals surface area contributed by atoms with E-state index in [1.165, 1.54) is 0 Å². The highest BCUT2D eigenvalue weighted by atomic mass is 35.5. The second-order valence-electron chi connectivity index (χ2n) is 5.60. The van der Waals surface area contributed by atoms with Gasteiger partial charge in [-0.15, -0.1) is 0 Å². The van der Waals surface area contributed by atoms with E-state index in [2.05, 4.69) is 0 Å². The second kappa shape index (κ2) is 9.49. The summed E-state index contributed by atoms with van der Waals surface area (Å²) in [7, 11) is 0. The van der Waals surface area contributed by atoms with Crippen molar-refractivity contribution in [1.82, 2.24) is 0 Å². The topological polar surface area (TPSA) is 112 Å². The molecular weight excluding hydrogens is 407 g/mol. The maximum Gasteiger partial charge on any atom is 0.338 e. The van der Waals surface area contributed by atoms with Crippen LogP contribution in [0, 0.1) is 11.3 Å². The van der Waals surface area contributed by atoms with Crippen LogP contribution < -0.4 is 5.73 Å². The Labute approximate surface area is 172 Å². The molecular formula is C19H18Cl2N2O5. The summed E-state index contributed by atoms with van der Waals surface area (Å²) in [6, 6.07) is 6.70. The normalized spacial score (nSPS) is 16.3. The summed E-state index contributed by atoms with van der Waals surface area (Å²) >= 11 is 12.6. The first-order valence-corrected chi connectivity index (χ1v) is 9.18. The van der Waals surface area contributed by atoms with Gasteiger partial charge in [0.25, 0.3) is 0 Å². The monoisotopic (exact) mass is 424 g/mol. The fourth-order valence-electron chi connectivity index (χ4n) is 2.80. The predicted octanol–water partition coefficient (Wildman–Crippen LogP) is 3.57. The standard InChI is InChI=1S/C19H18Cl2N2O5/c1-3-26-14(24)8-13-17(19(25)27-4-2)15(10(9-22)18(23)28-13)16-11(20)6-5-7-12(16)21/h5-7,15H,3-4,8,23H2,1-2H3/t15-/m0/s1. The molecule has 0 fully saturated rings. The van der Waals surface area contributed by atoms with Crippen LogP contribution in [0.25, 0.3) is 0 Å². The lowest BCUT2D eigenvalue weighted by Gasteiger charge is -2.28. The molecule has 148 valence electrons. The molecule has 28 heavy (non-hydrogen) atoms. The van der Waals surface area contributed by atoms with Crippen LogP contribution in [-0.2, 0) is 23.8 Å². The van der Waals surface area contributed by atoms with E-state index in [4.69, 9.17) is 43.1 Å². The van der Waals surface area contributed by atoms with Crippen LogP contribution in [0.2, 0.25) is 10.0 Å². The number of esters is 2. The molecule has 0 saturated carbocycles. The smallest absolute Gasteiger partial charge is 0.338 e. The quantitative estimate of drug-likeness (QED) is 0.694. The van der Waals surface area contributed by atoms with Crippen LogP contribution in [0.1, 0.15) is 31.7 Å². The predicted molar refractivity (Wildman–Crippen MR) is 102 cm³/mol. The molecule has 7 nitrogen and oxygen atoms in total. The Bertz CT molecular complexity index is 882. The number of nitrogens with two attached hydrogens (primary N) is 1. The van der Waals surface area contributed by atoms with Gasteiger partial charge in [-0.1, -0.05) is 29.3 Å². The van der Waals surface area contributed by atoms with Gasteiger partial charge in [-0.25, -0.2) is 4.79 Å². The Morgan fingerprint density at radius 3 is 2.36 bits per heavy atom. The summed E-state index contributed by atoms with van der Waals surface area (Å²) in [5, 5.41) is 10.1. The van der Waals surface area contributed by atoms with Gasteiger partial charge in [-0.2, -0.15) is 5.26 Å². The number of carbonyl (C=O) groups excluding carboxylic acids is 2. The second-order valence-corrected chi connectivity index (χ2v) is 6.41. The van der Waals surface area contributed by atoms with Crippen LogP contribution in [0.5, 0.6) is 0 Å². The fraction of sp³-hybridized carbons (Fsp3) is 0.316. The van der Waals surface area contributed by atoms with Gasteiger partial charge >= 0.3 is 11.9 Å². The molecule has 1 aromatic carbocycles. The van der Waals surface area contributed by atoms with E-state index in [9.17, 15) is 14.9 Å². The van der Waals surface area contributed by atoms with E-state index in [-0.39, 0.29) is 58.0 Å². The number of rotatable bonds is 6. The third kappa shape index (κ3) is 4.41. The largest absolute Gasteiger partial charge is 0.466 e. The van der Waals surface area contributed by atoms with Gasteiger partial charge in [-0.05, 0) is 26.0 Å². The van der Waals surface area contributed by atoms with E-state index in [0.29, 0.717) is 0 Å². The number of nitriles is 1. The van der Waals surface area contributed by atoms with Gasteiger partial charge in [0, 0.05) is 15.6 Å². The maximum atomic E-state index is 12.8. The molecule has 1 aliphatic heterocycles. The molecule has 0 aliphatic carbocycles. The zero-order valence-electron chi connectivity index (χ0n) is 15.3. The lowest BCUT2D eigenvalue weighted by Crippen LogP contribution is -2.27. The molecule has 0 saturated heterocycles. The minimum atomic E-state index is -1.05. The Morgan fingerprint density at radius 2 is 1.82 bits per heavy atom. The van der Waals surface area contributed by atoms with Crippen molar-refractivity contribution in [3.05, 3.63) is 56.6 Å². The molecule has 1 aromatic rings. The van der Waals surface area contributed by atoms with Crippen molar-refractivity contribution < 1.29 is 23.8 Å². The Kier molecular flexibility index (Phi) is 7.32. The van der Waals surface area contributed by atoms with Crippen LogP contribution >= 0.6 is 23.2 Å². The molecule has 1 atom stereocenters. The van der Waals surface area contributed by atoms with Crippen molar-refractivity contribution in [2.24, 2.45) is 5.73 Å². The number of ether oxygens (including phenoxy) is 3. The third-order valence-corrected chi connectivity index (χ3v) is 4.55. The summed E-state index contributed by atoms with van der Waals surface area (Å²) < 4.78 is 15.5. The van der Waals surface area contributed by atoms with Gasteiger partial charge in [0.1, 0.15) is 23.8 Å². The number of benzene rings is 1. The highest BCUT2D eigenvalue weighted by Gasteiger charge is 2.40. The van der Waals surface area contributed by atoms with E-state index >= 15 is 0 Å². The molecule has 0 unspecified atom stereocenters. The van der Waals surface area contributed by atoms with Gasteiger partial charge < -0.3 is 19.9 Å². The van der Waals surface area contributed by atoms with Crippen LogP contribution in [0.3, 0.4) is 0 Å². The molecule has 0 spiro atoms. The summed E-state index contributed by atoms with van der Waals surface area (Å²) in [6.07, 6.45) is -0.375. The first-order valence-electron chi connectivity index (χ1n) is 8.42. The Hall–Kier alpha value is -2.69. The fourth-order valence-corrected chi connectivity index (χ4v) is 3.42. The van der Waals surface area contributed by atoms with Gasteiger partial charge in [-0.3, -0.25) is 4.79 Å². The van der Waals surface area contributed by atoms with Crippen LogP contribution in [0.4, 0.5) is 0 Å². The van der Waals surface area contributed by atoms with Crippen LogP contribution in [0.15, 0.2) is 41.0 Å². The summed E-state index contributed by atoms with van der Waals surface area (Å²) in [6.45, 7) is 3.49. The maximum absolute atomic E-state index is 12.8. The van der Waals surface area contributed by atoms with Gasteiger partial charge in [0.2, 0.25) is 5.88 Å². The SMILES string of the molecule is CCOC(=O)CC1=C(C(=O)OCC)[C@H](c2c(Cl)cccc2Cl)C(C#N)=C(N)O1. The average molecular weight is 425 g/mol. The van der Waals surface area contributed by atoms with E-state index in [0.717, 1.165) is 0 Å². The van der Waals surface area contributed by atoms with Crippen molar-refractivity contribution in [2.45, 2.75) is 26.2 Å². The van der Waals surface area contributed by atoms with Crippen molar-refractivity contribution >= 4 is 35.1 Å². The molecule has 0 aromatic heterocycles. The van der Waals surface area contributed by atoms with E-state index in [1.54, 1.807) is 32.0 Å². The highest BCUT2D eigenvalue weighted by Crippen LogP contribution is 2.45. The highest BCUT2D eigenvalue weighted by molar-refractivity contribution is 6.36. The first kappa shape index (κ1) is 21.6. The molecule has 9 heteroatoms. The minimum Gasteiger partial charge on any atom is -0.466 e. The Balaban J connectivity index is 2.73. The number of allylic oxidation sites excluding steroid dienone is 1. The average Bonchev–Trinajstić information content (AvgIpc) is 2.62. The van der Waals surface area contributed by atoms with E-state index < -0.39 is 17.9 Å². The number of nitrogens with zero attached hydrogens (tertiary/aromatic N) is 1. The van der Waals surface area contributed by atoms with Gasteiger partial charge in [0.15, 0.2) is 0 Å². The number of hydrogen-bond donors (Lipinski definition) is 1. The van der Waals surface area contributed by atoms with Crippen molar-refractivity contribution in [3.8, 4) is 6.07 Å². The zero-order valence-corrected chi connectivity index (χ0v) is 16.8. The first-order chi connectivity index (χ1) is 13.3. The van der Waals surface area contributed by atoms with Gasteiger partial charge in [0.05, 0.1) is 24.7 Å². The zero-order chi connectivity index (χ0) is 20.8. The third-order valence-electron chi connectivity index (χ3n) is 3.89. The molecule has 0 bridgehead atoms. The van der Waals surface area contributed by atoms with Crippen molar-refractivity contribution in [3.63, 3.8) is 0 Å². The molecule has 1 aliphatic rings. The van der Waals surface area contributed by atoms with Crippen molar-refractivity contribution in [1.29, 1.82) is 5.26 Å². The molecule has 1 heterocycles. The summed E-state index contributed by atoms with van der Waals surface area (Å²) in [5.41, 5.74) is 6.06. The molecule has 2 rings (SSSR count). The lowest BCUT2D eigenvalue weighted by atomic mass is 9.82. The number of carbonyl (C=O) groups is 2. The number of halogens is 2. The molecule has 0 amide bonds.